The number of nitrogens with two attached hydrogens (primary N) is 1. The largest absolute Gasteiger partial charge is 0.469 e. The molecule has 1 atom stereocenters. The summed E-state index contributed by atoms with van der Waals surface area (Å²) in [6, 6.07) is 6.40. The molecular weight excluding hydrogens is 298 g/mol. The average Bonchev–Trinajstić information content (AvgIpc) is 2.50. The first-order valence-corrected chi connectivity index (χ1v) is 9.24. The van der Waals surface area contributed by atoms with Gasteiger partial charge in [0, 0.05) is 5.69 Å². The zero-order valence-electron chi connectivity index (χ0n) is 16.3. The Morgan fingerprint density at radius 3 is 2.08 bits per heavy atom. The lowest BCUT2D eigenvalue weighted by Crippen LogP contribution is -2.11. The highest BCUT2D eigenvalue weighted by Crippen LogP contribution is 2.36. The van der Waals surface area contributed by atoms with E-state index in [2.05, 4.69) is 52.8 Å². The molecule has 3 nitrogen and oxygen atoms in total. The molecule has 0 heterocycles. The van der Waals surface area contributed by atoms with Crippen molar-refractivity contribution in [2.45, 2.75) is 72.1 Å². The summed E-state index contributed by atoms with van der Waals surface area (Å²) in [4.78, 5) is 11.6. The molecule has 1 aromatic rings. The first kappa shape index (κ1) is 20.5. The molecule has 2 N–H and O–H groups in total. The number of hydrogen-bond donors (Lipinski definition) is 1. The van der Waals surface area contributed by atoms with Crippen LogP contribution in [0.4, 0.5) is 5.69 Å². The van der Waals surface area contributed by atoms with E-state index in [1.54, 1.807) is 0 Å². The van der Waals surface area contributed by atoms with Gasteiger partial charge in [0.05, 0.1) is 13.5 Å². The molecule has 0 aromatic heterocycles. The van der Waals surface area contributed by atoms with E-state index in [0.717, 1.165) is 30.5 Å². The summed E-state index contributed by atoms with van der Waals surface area (Å²) in [5.41, 5.74) is 9.67. The molecule has 0 fully saturated rings. The van der Waals surface area contributed by atoms with Gasteiger partial charge in [-0.15, -0.1) is 0 Å². The highest BCUT2D eigenvalue weighted by molar-refractivity contribution is 5.70. The van der Waals surface area contributed by atoms with Gasteiger partial charge in [-0.3, -0.25) is 4.79 Å². The van der Waals surface area contributed by atoms with Gasteiger partial charge in [-0.05, 0) is 60.1 Å². The lowest BCUT2D eigenvalue weighted by atomic mass is 9.82. The van der Waals surface area contributed by atoms with Crippen molar-refractivity contribution in [1.82, 2.24) is 0 Å². The summed E-state index contributed by atoms with van der Waals surface area (Å²) in [6.07, 6.45) is 3.62. The normalized spacial score (nSPS) is 12.9. The summed E-state index contributed by atoms with van der Waals surface area (Å²) >= 11 is 0. The van der Waals surface area contributed by atoms with Crippen molar-refractivity contribution in [3.05, 3.63) is 29.3 Å². The number of esters is 1. The fraction of sp³-hybridized carbons (Fsp3) is 0.667. The molecule has 0 unspecified atom stereocenters. The first-order valence-electron chi connectivity index (χ1n) is 9.24. The van der Waals surface area contributed by atoms with E-state index in [9.17, 15) is 4.79 Å². The Balaban J connectivity index is 3.04. The smallest absolute Gasteiger partial charge is 0.306 e. The van der Waals surface area contributed by atoms with Crippen molar-refractivity contribution in [3.63, 3.8) is 0 Å². The molecule has 0 amide bonds. The lowest BCUT2D eigenvalue weighted by molar-refractivity contribution is -0.141. The minimum absolute atomic E-state index is 0.165. The van der Waals surface area contributed by atoms with E-state index < -0.39 is 0 Å². The van der Waals surface area contributed by atoms with Crippen molar-refractivity contribution in [2.24, 2.45) is 11.8 Å². The third kappa shape index (κ3) is 6.18. The summed E-state index contributed by atoms with van der Waals surface area (Å²) < 4.78 is 4.81. The SMILES string of the molecule is CC[C@@H](CC(=O)OC)c1ccc(C(CC(C)C)CC(C)C)c(N)c1. The molecule has 0 aliphatic rings. The zero-order valence-corrected chi connectivity index (χ0v) is 16.3. The fourth-order valence-electron chi connectivity index (χ4n) is 3.49. The van der Waals surface area contributed by atoms with Crippen LogP contribution in [0.1, 0.15) is 83.3 Å². The average molecular weight is 334 g/mol. The van der Waals surface area contributed by atoms with Crippen LogP contribution in [0, 0.1) is 11.8 Å². The molecule has 0 aliphatic heterocycles. The van der Waals surface area contributed by atoms with Crippen molar-refractivity contribution in [3.8, 4) is 0 Å². The van der Waals surface area contributed by atoms with Gasteiger partial charge >= 0.3 is 5.97 Å². The van der Waals surface area contributed by atoms with Crippen molar-refractivity contribution < 1.29 is 9.53 Å². The minimum atomic E-state index is -0.165. The molecule has 24 heavy (non-hydrogen) atoms. The number of rotatable bonds is 9. The summed E-state index contributed by atoms with van der Waals surface area (Å²) in [6.45, 7) is 11.2. The Morgan fingerprint density at radius 2 is 1.67 bits per heavy atom. The lowest BCUT2D eigenvalue weighted by Gasteiger charge is -2.24. The Labute approximate surface area is 148 Å². The van der Waals surface area contributed by atoms with Gasteiger partial charge in [0.1, 0.15) is 0 Å². The van der Waals surface area contributed by atoms with Gasteiger partial charge in [-0.1, -0.05) is 46.8 Å². The molecule has 0 bridgehead atoms. The van der Waals surface area contributed by atoms with E-state index in [1.807, 2.05) is 0 Å². The molecule has 0 aliphatic carbocycles. The maximum Gasteiger partial charge on any atom is 0.306 e. The van der Waals surface area contributed by atoms with Crippen LogP contribution in [0.25, 0.3) is 0 Å². The van der Waals surface area contributed by atoms with Gasteiger partial charge in [-0.25, -0.2) is 0 Å². The number of carbonyl (C=O) groups is 1. The van der Waals surface area contributed by atoms with Gasteiger partial charge in [0.25, 0.3) is 0 Å². The Kier molecular flexibility index (Phi) is 8.30. The zero-order chi connectivity index (χ0) is 18.3. The highest BCUT2D eigenvalue weighted by atomic mass is 16.5. The number of nitrogen functional groups attached to an aromatic ring is 1. The summed E-state index contributed by atoms with van der Waals surface area (Å²) in [5.74, 6) is 1.80. The topological polar surface area (TPSA) is 52.3 Å². The monoisotopic (exact) mass is 333 g/mol. The van der Waals surface area contributed by atoms with Crippen LogP contribution in [0.3, 0.4) is 0 Å². The van der Waals surface area contributed by atoms with E-state index in [4.69, 9.17) is 10.5 Å². The van der Waals surface area contributed by atoms with E-state index >= 15 is 0 Å². The van der Waals surface area contributed by atoms with Gasteiger partial charge < -0.3 is 10.5 Å². The molecular formula is C21H35NO2. The molecule has 0 spiro atoms. The Hall–Kier alpha value is -1.51. The van der Waals surface area contributed by atoms with Gasteiger partial charge in [0.2, 0.25) is 0 Å². The predicted molar refractivity (Wildman–Crippen MR) is 102 cm³/mol. The Bertz CT molecular complexity index is 513. The van der Waals surface area contributed by atoms with E-state index in [1.165, 1.54) is 12.7 Å². The third-order valence-corrected chi connectivity index (χ3v) is 4.67. The third-order valence-electron chi connectivity index (χ3n) is 4.67. The molecule has 0 radical (unpaired) electrons. The number of methoxy groups -OCH3 is 1. The van der Waals surface area contributed by atoms with Gasteiger partial charge in [0.15, 0.2) is 0 Å². The van der Waals surface area contributed by atoms with Crippen LogP contribution in [0.5, 0.6) is 0 Å². The second kappa shape index (κ2) is 9.71. The number of carbonyl (C=O) groups excluding carboxylic acids is 1. The number of hydrogen-bond acceptors (Lipinski definition) is 3. The standard InChI is InChI=1S/C21H35NO2/c1-7-16(13-21(23)24-6)17-8-9-19(20(22)12-17)18(10-14(2)3)11-15(4)5/h8-9,12,14-16,18H,7,10-11,13,22H2,1-6H3/t16-/m0/s1. The summed E-state index contributed by atoms with van der Waals surface area (Å²) in [7, 11) is 1.44. The molecule has 0 saturated heterocycles. The predicted octanol–water partition coefficient (Wildman–Crippen LogP) is 5.50. The summed E-state index contributed by atoms with van der Waals surface area (Å²) in [5, 5.41) is 0. The van der Waals surface area contributed by atoms with Crippen molar-refractivity contribution in [1.29, 1.82) is 0 Å². The number of ether oxygens (including phenoxy) is 1. The second-order valence-corrected chi connectivity index (χ2v) is 7.73. The second-order valence-electron chi connectivity index (χ2n) is 7.73. The van der Waals surface area contributed by atoms with Crippen LogP contribution in [0.2, 0.25) is 0 Å². The maximum absolute atomic E-state index is 11.6. The molecule has 136 valence electrons. The molecule has 0 saturated carbocycles. The minimum Gasteiger partial charge on any atom is -0.469 e. The highest BCUT2D eigenvalue weighted by Gasteiger charge is 2.20. The van der Waals surface area contributed by atoms with E-state index in [0.29, 0.717) is 24.2 Å². The van der Waals surface area contributed by atoms with E-state index in [-0.39, 0.29) is 11.9 Å². The van der Waals surface area contributed by atoms with Crippen molar-refractivity contribution in [2.75, 3.05) is 12.8 Å². The van der Waals surface area contributed by atoms with Crippen LogP contribution in [-0.2, 0) is 9.53 Å². The van der Waals surface area contributed by atoms with Gasteiger partial charge in [-0.2, -0.15) is 0 Å². The van der Waals surface area contributed by atoms with Crippen LogP contribution < -0.4 is 5.73 Å². The number of benzene rings is 1. The maximum atomic E-state index is 11.6. The molecule has 1 aromatic carbocycles. The first-order chi connectivity index (χ1) is 11.3. The molecule has 1 rings (SSSR count). The van der Waals surface area contributed by atoms with Crippen LogP contribution in [-0.4, -0.2) is 13.1 Å². The quantitative estimate of drug-likeness (QED) is 0.479. The molecule has 3 heteroatoms. The van der Waals surface area contributed by atoms with Crippen molar-refractivity contribution >= 4 is 11.7 Å². The van der Waals surface area contributed by atoms with Crippen LogP contribution in [0.15, 0.2) is 18.2 Å². The fourth-order valence-corrected chi connectivity index (χ4v) is 3.49. The van der Waals surface area contributed by atoms with Crippen LogP contribution >= 0.6 is 0 Å². The number of anilines is 1. The Morgan fingerprint density at radius 1 is 1.08 bits per heavy atom.